The van der Waals surface area contributed by atoms with E-state index in [9.17, 15) is 18.3 Å². The lowest BCUT2D eigenvalue weighted by Crippen LogP contribution is -2.12. The largest absolute Gasteiger partial charge is 0.506 e. The van der Waals surface area contributed by atoms with Crippen molar-refractivity contribution in [2.45, 2.75) is 23.8 Å². The first-order chi connectivity index (χ1) is 12.3. The number of nitrogens with zero attached hydrogens (tertiary/aromatic N) is 3. The van der Waals surface area contributed by atoms with Crippen LogP contribution in [0.2, 0.25) is 0 Å². The van der Waals surface area contributed by atoms with E-state index in [1.165, 1.54) is 24.3 Å². The van der Waals surface area contributed by atoms with Gasteiger partial charge in [0.05, 0.1) is 10.3 Å². The summed E-state index contributed by atoms with van der Waals surface area (Å²) in [5, 5.41) is 17.5. The van der Waals surface area contributed by atoms with Gasteiger partial charge in [-0.15, -0.1) is 5.10 Å². The van der Waals surface area contributed by atoms with Crippen LogP contribution in [0.5, 0.6) is 5.75 Å². The third-order valence-electron chi connectivity index (χ3n) is 4.22. The van der Waals surface area contributed by atoms with Crippen LogP contribution in [-0.2, 0) is 9.84 Å². The highest BCUT2D eigenvalue weighted by Crippen LogP contribution is 2.28. The van der Waals surface area contributed by atoms with Gasteiger partial charge in [0, 0.05) is 0 Å². The minimum absolute atomic E-state index is 0.0868. The van der Waals surface area contributed by atoms with Gasteiger partial charge in [-0.1, -0.05) is 29.0 Å². The molecule has 0 unspecified atom stereocenters. The minimum Gasteiger partial charge on any atom is -0.506 e. The smallest absolute Gasteiger partial charge is 0.259 e. The third kappa shape index (κ3) is 2.21. The van der Waals surface area contributed by atoms with Gasteiger partial charge in [0.2, 0.25) is 14.9 Å². The maximum Gasteiger partial charge on any atom is 0.259 e. The van der Waals surface area contributed by atoms with E-state index >= 15 is 0 Å². The number of phenols is 1. The van der Waals surface area contributed by atoms with E-state index in [2.05, 4.69) is 15.3 Å². The molecule has 0 atom stereocenters. The molecule has 132 valence electrons. The molecule has 0 aliphatic carbocycles. The zero-order valence-corrected chi connectivity index (χ0v) is 14.7. The highest BCUT2D eigenvalue weighted by atomic mass is 32.2. The van der Waals surface area contributed by atoms with E-state index in [4.69, 9.17) is 0 Å². The molecule has 0 spiro atoms. The van der Waals surface area contributed by atoms with Crippen LogP contribution in [0.3, 0.4) is 0 Å². The van der Waals surface area contributed by atoms with Crippen molar-refractivity contribution in [3.63, 3.8) is 0 Å². The molecule has 2 aromatic carbocycles. The highest BCUT2D eigenvalue weighted by Gasteiger charge is 2.28. The van der Waals surface area contributed by atoms with E-state index in [1.807, 2.05) is 6.92 Å². The van der Waals surface area contributed by atoms with Crippen LogP contribution >= 0.6 is 0 Å². The molecule has 2 aromatic heterocycles. The SMILES string of the molecule is Cc1ccc(S(=O)(=O)c2nnn3c2[nH]c(=O)c2cccc(O)c23)c(C)c1. The van der Waals surface area contributed by atoms with Crippen LogP contribution in [0.25, 0.3) is 16.6 Å². The number of H-pyrrole nitrogens is 1. The minimum atomic E-state index is -4.01. The molecule has 2 N–H and O–H groups in total. The number of fused-ring (bicyclic) bond motifs is 3. The molecule has 0 aliphatic heterocycles. The van der Waals surface area contributed by atoms with E-state index < -0.39 is 15.4 Å². The van der Waals surface area contributed by atoms with Crippen molar-refractivity contribution in [1.29, 1.82) is 0 Å². The first-order valence-corrected chi connectivity index (χ1v) is 9.21. The first-order valence-electron chi connectivity index (χ1n) is 7.72. The molecule has 4 aromatic rings. The van der Waals surface area contributed by atoms with Crippen LogP contribution in [0, 0.1) is 13.8 Å². The van der Waals surface area contributed by atoms with E-state index in [1.54, 1.807) is 19.1 Å². The summed E-state index contributed by atoms with van der Waals surface area (Å²) in [5.41, 5.74) is 0.961. The Morgan fingerprint density at radius 3 is 2.65 bits per heavy atom. The average molecular weight is 370 g/mol. The number of phenolic OH excluding ortho intramolecular Hbond substituents is 1. The summed E-state index contributed by atoms with van der Waals surface area (Å²) < 4.78 is 27.3. The topological polar surface area (TPSA) is 117 Å². The molecule has 0 radical (unpaired) electrons. The highest BCUT2D eigenvalue weighted by molar-refractivity contribution is 7.91. The van der Waals surface area contributed by atoms with Gasteiger partial charge in [-0.05, 0) is 37.6 Å². The number of aromatic amines is 1. The number of aromatic nitrogens is 4. The standard InChI is InChI=1S/C17H14N4O4S/c1-9-6-7-13(10(2)8-9)26(24,25)17-15-18-16(23)11-4-3-5-12(22)14(11)21(15)20-19-17/h3-8,22H,1-2H3,(H,18,23). The van der Waals surface area contributed by atoms with Crippen molar-refractivity contribution >= 4 is 26.4 Å². The molecular formula is C17H14N4O4S. The van der Waals surface area contributed by atoms with Crippen molar-refractivity contribution in [2.24, 2.45) is 0 Å². The van der Waals surface area contributed by atoms with Crippen molar-refractivity contribution in [1.82, 2.24) is 19.8 Å². The molecule has 0 amide bonds. The molecule has 0 aliphatic rings. The number of sulfone groups is 1. The maximum absolute atomic E-state index is 13.1. The number of aryl methyl sites for hydroxylation is 2. The van der Waals surface area contributed by atoms with Gasteiger partial charge in [-0.2, -0.15) is 4.52 Å². The lowest BCUT2D eigenvalue weighted by molar-refractivity contribution is 0.479. The zero-order chi connectivity index (χ0) is 18.6. The Labute approximate surface area is 147 Å². The number of hydrogen-bond donors (Lipinski definition) is 2. The average Bonchev–Trinajstić information content (AvgIpc) is 2.99. The molecule has 0 bridgehead atoms. The summed E-state index contributed by atoms with van der Waals surface area (Å²) >= 11 is 0. The Morgan fingerprint density at radius 1 is 1.15 bits per heavy atom. The van der Waals surface area contributed by atoms with Gasteiger partial charge < -0.3 is 10.1 Å². The second kappa shape index (κ2) is 5.40. The predicted molar refractivity (Wildman–Crippen MR) is 94.1 cm³/mol. The lowest BCUT2D eigenvalue weighted by Gasteiger charge is -2.07. The third-order valence-corrected chi connectivity index (χ3v) is 6.04. The summed E-state index contributed by atoms with van der Waals surface area (Å²) in [7, 11) is -4.01. The summed E-state index contributed by atoms with van der Waals surface area (Å²) in [4.78, 5) is 14.9. The van der Waals surface area contributed by atoms with E-state index in [-0.39, 0.29) is 32.2 Å². The number of nitrogens with one attached hydrogen (secondary N) is 1. The van der Waals surface area contributed by atoms with Gasteiger partial charge >= 0.3 is 0 Å². The summed E-state index contributed by atoms with van der Waals surface area (Å²) in [6.07, 6.45) is 0. The van der Waals surface area contributed by atoms with Crippen LogP contribution in [0.15, 0.2) is 51.1 Å². The molecule has 0 fully saturated rings. The Bertz CT molecular complexity index is 1350. The summed E-state index contributed by atoms with van der Waals surface area (Å²) in [5.74, 6) is -0.195. The molecule has 26 heavy (non-hydrogen) atoms. The Kier molecular flexibility index (Phi) is 3.38. The fourth-order valence-electron chi connectivity index (χ4n) is 3.03. The monoisotopic (exact) mass is 370 g/mol. The number of aromatic hydroxyl groups is 1. The lowest BCUT2D eigenvalue weighted by atomic mass is 10.2. The molecule has 8 nitrogen and oxygen atoms in total. The molecule has 4 rings (SSSR count). The van der Waals surface area contributed by atoms with Crippen molar-refractivity contribution in [2.75, 3.05) is 0 Å². The van der Waals surface area contributed by atoms with Crippen LogP contribution in [0.1, 0.15) is 11.1 Å². The van der Waals surface area contributed by atoms with Gasteiger partial charge in [-0.3, -0.25) is 4.79 Å². The van der Waals surface area contributed by atoms with Crippen LogP contribution < -0.4 is 5.56 Å². The van der Waals surface area contributed by atoms with Gasteiger partial charge in [0.1, 0.15) is 11.3 Å². The number of hydrogen-bond acceptors (Lipinski definition) is 6. The Balaban J connectivity index is 2.09. The zero-order valence-electron chi connectivity index (χ0n) is 13.9. The number of benzene rings is 2. The Morgan fingerprint density at radius 2 is 1.92 bits per heavy atom. The number of para-hydroxylation sites is 1. The van der Waals surface area contributed by atoms with Gasteiger partial charge in [0.25, 0.3) is 5.56 Å². The first kappa shape index (κ1) is 16.3. The second-order valence-corrected chi connectivity index (χ2v) is 7.89. The van der Waals surface area contributed by atoms with E-state index in [0.29, 0.717) is 5.56 Å². The fraction of sp³-hybridized carbons (Fsp3) is 0.118. The second-order valence-electron chi connectivity index (χ2n) is 6.05. The maximum atomic E-state index is 13.1. The predicted octanol–water partition coefficient (Wildman–Crippen LogP) is 1.73. The van der Waals surface area contributed by atoms with Crippen molar-refractivity contribution in [3.8, 4) is 5.75 Å². The molecule has 0 saturated heterocycles. The van der Waals surface area contributed by atoms with Crippen LogP contribution in [-0.4, -0.2) is 33.3 Å². The normalized spacial score (nSPS) is 12.1. The fourth-order valence-corrected chi connectivity index (χ4v) is 4.50. The van der Waals surface area contributed by atoms with Crippen molar-refractivity contribution in [3.05, 3.63) is 57.9 Å². The summed E-state index contributed by atoms with van der Waals surface area (Å²) in [6, 6.07) is 9.36. The quantitative estimate of drug-likeness (QED) is 0.555. The van der Waals surface area contributed by atoms with Gasteiger partial charge in [0.15, 0.2) is 5.65 Å². The van der Waals surface area contributed by atoms with Gasteiger partial charge in [-0.25, -0.2) is 8.42 Å². The number of rotatable bonds is 2. The van der Waals surface area contributed by atoms with Crippen molar-refractivity contribution < 1.29 is 13.5 Å². The molecule has 2 heterocycles. The molecule has 0 saturated carbocycles. The molecule has 9 heteroatoms. The summed E-state index contributed by atoms with van der Waals surface area (Å²) in [6.45, 7) is 3.55. The van der Waals surface area contributed by atoms with E-state index in [0.717, 1.165) is 10.1 Å². The Hall–Kier alpha value is -3.20. The molecular weight excluding hydrogens is 356 g/mol. The van der Waals surface area contributed by atoms with Crippen LogP contribution in [0.4, 0.5) is 0 Å².